The van der Waals surface area contributed by atoms with Crippen LogP contribution in [0.25, 0.3) is 0 Å². The van der Waals surface area contributed by atoms with Crippen molar-refractivity contribution in [3.05, 3.63) is 12.2 Å². The molecular weight excluding hydrogens is 388 g/mol. The smallest absolute Gasteiger partial charge is 0.186 e. The maximum atomic E-state index is 5.21. The Morgan fingerprint density at radius 3 is 2.32 bits per heavy atom. The molecule has 0 heterocycles. The molecule has 1 fully saturated rings. The normalized spacial score (nSPS) is 17.8. The van der Waals surface area contributed by atoms with E-state index in [4.69, 9.17) is 24.4 Å². The Morgan fingerprint density at radius 1 is 1.07 bits per heavy atom. The van der Waals surface area contributed by atoms with E-state index in [2.05, 4.69) is 38.3 Å². The molecule has 1 aliphatic rings. The van der Waals surface area contributed by atoms with Crippen LogP contribution in [0.4, 0.5) is 0 Å². The highest BCUT2D eigenvalue weighted by Gasteiger charge is 2.15. The SMILES string of the molecule is C=C1CCCC(CCCCC(=N\NC(=S)NCC)/C(C)=N/NC(=S)NCC)C1. The average Bonchev–Trinajstić information content (AvgIpc) is 2.66. The lowest BCUT2D eigenvalue weighted by Gasteiger charge is -2.23. The molecule has 8 heteroatoms. The standard InChI is InChI=1S/C20H36N6S2/c1-5-21-19(27)25-23-16(4)18(24-26-20(28)22-6-2)13-8-7-11-17-12-9-10-15(3)14-17/h17H,3,5-14H2,1-2,4H3,(H2,21,25,27)(H2,22,26,28)/b23-16+,24-18+. The molecule has 1 aliphatic carbocycles. The van der Waals surface area contributed by atoms with E-state index in [9.17, 15) is 0 Å². The van der Waals surface area contributed by atoms with Crippen LogP contribution in [0.1, 0.15) is 72.1 Å². The van der Waals surface area contributed by atoms with Crippen molar-refractivity contribution in [1.29, 1.82) is 0 Å². The molecule has 1 saturated carbocycles. The van der Waals surface area contributed by atoms with Crippen molar-refractivity contribution in [1.82, 2.24) is 21.5 Å². The molecular formula is C20H36N6S2. The van der Waals surface area contributed by atoms with Crippen molar-refractivity contribution in [2.24, 2.45) is 16.1 Å². The molecule has 0 amide bonds. The van der Waals surface area contributed by atoms with Crippen LogP contribution >= 0.6 is 24.4 Å². The second-order valence-corrected chi connectivity index (χ2v) is 7.97. The highest BCUT2D eigenvalue weighted by Crippen LogP contribution is 2.30. The van der Waals surface area contributed by atoms with E-state index in [1.165, 1.54) is 44.1 Å². The van der Waals surface area contributed by atoms with Gasteiger partial charge in [0.25, 0.3) is 0 Å². The van der Waals surface area contributed by atoms with Gasteiger partial charge >= 0.3 is 0 Å². The quantitative estimate of drug-likeness (QED) is 0.140. The van der Waals surface area contributed by atoms with Gasteiger partial charge in [-0.3, -0.25) is 10.9 Å². The molecule has 6 nitrogen and oxygen atoms in total. The molecule has 0 radical (unpaired) electrons. The summed E-state index contributed by atoms with van der Waals surface area (Å²) in [6.45, 7) is 11.6. The minimum Gasteiger partial charge on any atom is -0.362 e. The van der Waals surface area contributed by atoms with Crippen LogP contribution < -0.4 is 21.5 Å². The van der Waals surface area contributed by atoms with Gasteiger partial charge in [0, 0.05) is 13.1 Å². The van der Waals surface area contributed by atoms with Crippen molar-refractivity contribution in [2.75, 3.05) is 13.1 Å². The number of hydrogen-bond acceptors (Lipinski definition) is 4. The lowest BCUT2D eigenvalue weighted by Crippen LogP contribution is -2.34. The number of thiocarbonyl (C=S) groups is 2. The maximum absolute atomic E-state index is 5.21. The third kappa shape index (κ3) is 10.7. The number of hydrazone groups is 2. The van der Waals surface area contributed by atoms with Gasteiger partial charge in [0.1, 0.15) is 0 Å². The fourth-order valence-electron chi connectivity index (χ4n) is 3.26. The van der Waals surface area contributed by atoms with Crippen molar-refractivity contribution in [2.45, 2.75) is 72.1 Å². The fraction of sp³-hybridized carbons (Fsp3) is 0.700. The van der Waals surface area contributed by atoms with Gasteiger partial charge in [-0.15, -0.1) is 0 Å². The average molecular weight is 425 g/mol. The number of hydrogen-bond donors (Lipinski definition) is 4. The van der Waals surface area contributed by atoms with Crippen molar-refractivity contribution in [3.8, 4) is 0 Å². The zero-order valence-electron chi connectivity index (χ0n) is 17.6. The van der Waals surface area contributed by atoms with E-state index in [0.717, 1.165) is 43.3 Å². The molecule has 0 bridgehead atoms. The Bertz CT molecular complexity index is 585. The van der Waals surface area contributed by atoms with Crippen molar-refractivity contribution >= 4 is 46.1 Å². The second-order valence-electron chi connectivity index (χ2n) is 7.16. The van der Waals surface area contributed by atoms with E-state index in [1.54, 1.807) is 0 Å². The number of nitrogens with one attached hydrogen (secondary N) is 4. The Kier molecular flexibility index (Phi) is 12.6. The van der Waals surface area contributed by atoms with E-state index >= 15 is 0 Å². The molecule has 4 N–H and O–H groups in total. The van der Waals surface area contributed by atoms with Crippen LogP contribution in [0.2, 0.25) is 0 Å². The first kappa shape index (κ1) is 24.5. The molecule has 0 aromatic heterocycles. The number of nitrogens with zero attached hydrogens (tertiary/aromatic N) is 2. The Morgan fingerprint density at radius 2 is 1.71 bits per heavy atom. The Hall–Kier alpha value is -1.54. The second kappa shape index (κ2) is 14.5. The van der Waals surface area contributed by atoms with Crippen LogP contribution in [0.3, 0.4) is 0 Å². The molecule has 0 aromatic rings. The zero-order chi connectivity index (χ0) is 20.8. The Balaban J connectivity index is 2.57. The first-order chi connectivity index (χ1) is 13.5. The third-order valence-corrected chi connectivity index (χ3v) is 5.18. The highest BCUT2D eigenvalue weighted by molar-refractivity contribution is 7.80. The van der Waals surface area contributed by atoms with E-state index in [0.29, 0.717) is 10.2 Å². The summed E-state index contributed by atoms with van der Waals surface area (Å²) in [7, 11) is 0. The van der Waals surface area contributed by atoms with Crippen molar-refractivity contribution in [3.63, 3.8) is 0 Å². The molecule has 0 aliphatic heterocycles. The van der Waals surface area contributed by atoms with Gasteiger partial charge in [-0.1, -0.05) is 25.0 Å². The summed E-state index contributed by atoms with van der Waals surface area (Å²) < 4.78 is 0. The minimum atomic E-state index is 0.509. The fourth-order valence-corrected chi connectivity index (χ4v) is 3.64. The molecule has 1 atom stereocenters. The summed E-state index contributed by atoms with van der Waals surface area (Å²) in [5, 5.41) is 15.9. The van der Waals surface area contributed by atoms with Gasteiger partial charge < -0.3 is 10.6 Å². The van der Waals surface area contributed by atoms with Crippen LogP contribution in [0.15, 0.2) is 22.4 Å². The summed E-state index contributed by atoms with van der Waals surface area (Å²) in [6, 6.07) is 0. The van der Waals surface area contributed by atoms with Gasteiger partial charge in [-0.2, -0.15) is 10.2 Å². The minimum absolute atomic E-state index is 0.509. The van der Waals surface area contributed by atoms with Gasteiger partial charge in [0.05, 0.1) is 11.4 Å². The largest absolute Gasteiger partial charge is 0.362 e. The summed E-state index contributed by atoms with van der Waals surface area (Å²) in [4.78, 5) is 0. The van der Waals surface area contributed by atoms with Gasteiger partial charge in [-0.25, -0.2) is 0 Å². The zero-order valence-corrected chi connectivity index (χ0v) is 19.2. The lowest BCUT2D eigenvalue weighted by molar-refractivity contribution is 0.381. The molecule has 0 saturated heterocycles. The number of rotatable bonds is 10. The lowest BCUT2D eigenvalue weighted by atomic mass is 9.83. The van der Waals surface area contributed by atoms with Crippen LogP contribution in [-0.4, -0.2) is 34.7 Å². The van der Waals surface area contributed by atoms with Gasteiger partial charge in [0.15, 0.2) is 10.2 Å². The van der Waals surface area contributed by atoms with Crippen LogP contribution in [0, 0.1) is 5.92 Å². The van der Waals surface area contributed by atoms with E-state index in [1.807, 2.05) is 20.8 Å². The van der Waals surface area contributed by atoms with Crippen molar-refractivity contribution < 1.29 is 0 Å². The first-order valence-electron chi connectivity index (χ1n) is 10.3. The summed E-state index contributed by atoms with van der Waals surface area (Å²) in [6.07, 6.45) is 9.41. The number of allylic oxidation sites excluding steroid dienone is 1. The van der Waals surface area contributed by atoms with Crippen LogP contribution in [0.5, 0.6) is 0 Å². The highest BCUT2D eigenvalue weighted by atomic mass is 32.1. The van der Waals surface area contributed by atoms with E-state index < -0.39 is 0 Å². The summed E-state index contributed by atoms with van der Waals surface area (Å²) in [5.41, 5.74) is 8.89. The third-order valence-electron chi connectivity index (χ3n) is 4.71. The molecule has 28 heavy (non-hydrogen) atoms. The summed E-state index contributed by atoms with van der Waals surface area (Å²) >= 11 is 10.4. The van der Waals surface area contributed by atoms with Gasteiger partial charge in [-0.05, 0) is 89.6 Å². The molecule has 0 spiro atoms. The molecule has 158 valence electrons. The molecule has 1 rings (SSSR count). The first-order valence-corrected chi connectivity index (χ1v) is 11.1. The van der Waals surface area contributed by atoms with Gasteiger partial charge in [0.2, 0.25) is 0 Å². The Labute approximate surface area is 181 Å². The maximum Gasteiger partial charge on any atom is 0.186 e. The molecule has 1 unspecified atom stereocenters. The topological polar surface area (TPSA) is 72.8 Å². The number of unbranched alkanes of at least 4 members (excludes halogenated alkanes) is 1. The monoisotopic (exact) mass is 424 g/mol. The van der Waals surface area contributed by atoms with E-state index in [-0.39, 0.29) is 0 Å². The van der Waals surface area contributed by atoms with Crippen LogP contribution in [-0.2, 0) is 0 Å². The predicted molar refractivity (Wildman–Crippen MR) is 129 cm³/mol. The molecule has 0 aromatic carbocycles. The predicted octanol–water partition coefficient (Wildman–Crippen LogP) is 3.99. The summed E-state index contributed by atoms with van der Waals surface area (Å²) in [5.74, 6) is 0.801.